The van der Waals surface area contributed by atoms with Gasteiger partial charge in [0.2, 0.25) is 0 Å². The summed E-state index contributed by atoms with van der Waals surface area (Å²) in [5.74, 6) is 0.262. The van der Waals surface area contributed by atoms with E-state index >= 15 is 0 Å². The fourth-order valence-corrected chi connectivity index (χ4v) is 3.28. The Labute approximate surface area is 157 Å². The van der Waals surface area contributed by atoms with Crippen LogP contribution in [-0.4, -0.2) is 15.0 Å². The summed E-state index contributed by atoms with van der Waals surface area (Å²) in [6.45, 7) is 1.92. The van der Waals surface area contributed by atoms with Crippen LogP contribution >= 0.6 is 15.9 Å². The summed E-state index contributed by atoms with van der Waals surface area (Å²) < 4.78 is 0.949. The number of hydrogen-bond donors (Lipinski definition) is 2. The van der Waals surface area contributed by atoms with Crippen LogP contribution in [0.2, 0.25) is 0 Å². The molecule has 0 aliphatic carbocycles. The third-order valence-corrected chi connectivity index (χ3v) is 4.71. The summed E-state index contributed by atoms with van der Waals surface area (Å²) in [7, 11) is 0. The van der Waals surface area contributed by atoms with Crippen molar-refractivity contribution < 1.29 is 0 Å². The number of halogens is 1. The molecule has 2 N–H and O–H groups in total. The van der Waals surface area contributed by atoms with Crippen molar-refractivity contribution in [2.75, 3.05) is 0 Å². The standard InChI is InChI=1S/C20H13BrN4O/c1-11-2-4-18-16(6-11)20(26)25-19(24-18)12(9-22)7-13-10-23-17-5-3-14(21)8-15(13)17/h2-8,10,23H,1H3,(H,24,25,26). The van der Waals surface area contributed by atoms with Gasteiger partial charge in [0.25, 0.3) is 5.56 Å². The van der Waals surface area contributed by atoms with Crippen LogP contribution in [0, 0.1) is 18.3 Å². The number of hydrogen-bond acceptors (Lipinski definition) is 3. The van der Waals surface area contributed by atoms with E-state index in [1.54, 1.807) is 18.2 Å². The first-order valence-corrected chi connectivity index (χ1v) is 8.74. The van der Waals surface area contributed by atoms with Crippen molar-refractivity contribution in [3.63, 3.8) is 0 Å². The van der Waals surface area contributed by atoms with Crippen LogP contribution in [0.1, 0.15) is 17.0 Å². The summed E-state index contributed by atoms with van der Waals surface area (Å²) in [5, 5.41) is 11.1. The van der Waals surface area contributed by atoms with E-state index in [-0.39, 0.29) is 11.4 Å². The van der Waals surface area contributed by atoms with Gasteiger partial charge >= 0.3 is 0 Å². The van der Waals surface area contributed by atoms with Gasteiger partial charge in [0.15, 0.2) is 5.82 Å². The number of nitrogens with zero attached hydrogens (tertiary/aromatic N) is 2. The van der Waals surface area contributed by atoms with Gasteiger partial charge in [0.1, 0.15) is 6.07 Å². The lowest BCUT2D eigenvalue weighted by atomic mass is 10.1. The van der Waals surface area contributed by atoms with Crippen LogP contribution in [0.5, 0.6) is 0 Å². The molecule has 0 aliphatic heterocycles. The summed E-state index contributed by atoms with van der Waals surface area (Å²) in [6.07, 6.45) is 3.56. The molecule has 4 rings (SSSR count). The third-order valence-electron chi connectivity index (χ3n) is 4.21. The normalized spacial score (nSPS) is 11.8. The third kappa shape index (κ3) is 2.83. The molecule has 0 saturated heterocycles. The van der Waals surface area contributed by atoms with E-state index in [0.29, 0.717) is 16.5 Å². The Morgan fingerprint density at radius 2 is 2.08 bits per heavy atom. The lowest BCUT2D eigenvalue weighted by Crippen LogP contribution is -2.11. The van der Waals surface area contributed by atoms with Crippen molar-refractivity contribution in [2.45, 2.75) is 6.92 Å². The Kier molecular flexibility index (Phi) is 3.94. The van der Waals surface area contributed by atoms with E-state index in [1.807, 2.05) is 37.4 Å². The molecule has 0 bridgehead atoms. The van der Waals surface area contributed by atoms with Crippen LogP contribution < -0.4 is 5.56 Å². The summed E-state index contributed by atoms with van der Waals surface area (Å²) >= 11 is 3.46. The van der Waals surface area contributed by atoms with Crippen molar-refractivity contribution in [3.8, 4) is 6.07 Å². The minimum absolute atomic E-state index is 0.253. The van der Waals surface area contributed by atoms with Crippen LogP contribution in [0.4, 0.5) is 0 Å². The SMILES string of the molecule is Cc1ccc2nc(C(C#N)=Cc3c[nH]c4ccc(Br)cc34)[nH]c(=O)c2c1. The zero-order valence-electron chi connectivity index (χ0n) is 13.8. The average Bonchev–Trinajstić information content (AvgIpc) is 3.02. The van der Waals surface area contributed by atoms with Gasteiger partial charge in [-0.2, -0.15) is 5.26 Å². The van der Waals surface area contributed by atoms with Gasteiger partial charge < -0.3 is 9.97 Å². The number of aryl methyl sites for hydroxylation is 1. The van der Waals surface area contributed by atoms with Gasteiger partial charge in [-0.3, -0.25) is 4.79 Å². The van der Waals surface area contributed by atoms with Crippen molar-refractivity contribution in [2.24, 2.45) is 0 Å². The lowest BCUT2D eigenvalue weighted by molar-refractivity contribution is 1.13. The Morgan fingerprint density at radius 3 is 2.88 bits per heavy atom. The quantitative estimate of drug-likeness (QED) is 0.480. The second kappa shape index (κ2) is 6.28. The topological polar surface area (TPSA) is 85.3 Å². The van der Waals surface area contributed by atoms with Crippen LogP contribution in [-0.2, 0) is 0 Å². The maximum atomic E-state index is 12.4. The molecule has 0 spiro atoms. The first-order chi connectivity index (χ1) is 12.5. The fourth-order valence-electron chi connectivity index (χ4n) is 2.92. The van der Waals surface area contributed by atoms with Gasteiger partial charge in [0.05, 0.1) is 16.5 Å². The minimum atomic E-state index is -0.253. The number of benzene rings is 2. The van der Waals surface area contributed by atoms with Crippen molar-refractivity contribution in [3.05, 3.63) is 74.4 Å². The molecule has 0 aliphatic rings. The van der Waals surface area contributed by atoms with Gasteiger partial charge in [-0.15, -0.1) is 0 Å². The first-order valence-electron chi connectivity index (χ1n) is 7.94. The molecule has 6 heteroatoms. The number of allylic oxidation sites excluding steroid dienone is 1. The molecule has 2 aromatic heterocycles. The monoisotopic (exact) mass is 404 g/mol. The summed E-state index contributed by atoms with van der Waals surface area (Å²) in [4.78, 5) is 22.7. The van der Waals surface area contributed by atoms with Crippen LogP contribution in [0.15, 0.2) is 51.9 Å². The number of aromatic amines is 2. The highest BCUT2D eigenvalue weighted by Crippen LogP contribution is 2.26. The second-order valence-electron chi connectivity index (χ2n) is 6.04. The zero-order valence-corrected chi connectivity index (χ0v) is 15.4. The van der Waals surface area contributed by atoms with E-state index in [9.17, 15) is 10.1 Å². The van der Waals surface area contributed by atoms with E-state index in [4.69, 9.17) is 0 Å². The molecule has 126 valence electrons. The Hall–Kier alpha value is -3.17. The Bertz CT molecular complexity index is 1290. The maximum Gasteiger partial charge on any atom is 0.259 e. The number of nitrogens with one attached hydrogen (secondary N) is 2. The van der Waals surface area contributed by atoms with Crippen molar-refractivity contribution in [1.29, 1.82) is 5.26 Å². The molecular weight excluding hydrogens is 392 g/mol. The predicted octanol–water partition coefficient (Wildman–Crippen LogP) is 4.54. The van der Waals surface area contributed by atoms with Gasteiger partial charge in [-0.25, -0.2) is 4.98 Å². The van der Waals surface area contributed by atoms with Gasteiger partial charge in [0, 0.05) is 27.1 Å². The highest BCUT2D eigenvalue weighted by molar-refractivity contribution is 9.10. The first kappa shape index (κ1) is 16.3. The molecule has 0 fully saturated rings. The molecule has 0 amide bonds. The number of rotatable bonds is 2. The minimum Gasteiger partial charge on any atom is -0.361 e. The Morgan fingerprint density at radius 1 is 1.23 bits per heavy atom. The van der Waals surface area contributed by atoms with Crippen LogP contribution in [0.3, 0.4) is 0 Å². The van der Waals surface area contributed by atoms with E-state index < -0.39 is 0 Å². The molecule has 2 aromatic carbocycles. The highest BCUT2D eigenvalue weighted by atomic mass is 79.9. The molecule has 0 radical (unpaired) electrons. The van der Waals surface area contributed by atoms with Crippen LogP contribution in [0.25, 0.3) is 33.5 Å². The number of fused-ring (bicyclic) bond motifs is 2. The molecule has 0 saturated carbocycles. The summed E-state index contributed by atoms with van der Waals surface area (Å²) in [6, 6.07) is 13.5. The molecule has 2 heterocycles. The molecule has 5 nitrogen and oxygen atoms in total. The molecule has 26 heavy (non-hydrogen) atoms. The predicted molar refractivity (Wildman–Crippen MR) is 107 cm³/mol. The van der Waals surface area contributed by atoms with E-state index in [2.05, 4.69) is 37.0 Å². The Balaban J connectivity index is 1.89. The highest BCUT2D eigenvalue weighted by Gasteiger charge is 2.10. The number of aromatic nitrogens is 3. The maximum absolute atomic E-state index is 12.4. The zero-order chi connectivity index (χ0) is 18.3. The van der Waals surface area contributed by atoms with Gasteiger partial charge in [-0.05, 0) is 43.3 Å². The van der Waals surface area contributed by atoms with E-state index in [0.717, 1.165) is 26.5 Å². The van der Waals surface area contributed by atoms with Gasteiger partial charge in [-0.1, -0.05) is 27.6 Å². The largest absolute Gasteiger partial charge is 0.361 e. The molecule has 0 atom stereocenters. The molecule has 4 aromatic rings. The average molecular weight is 405 g/mol. The van der Waals surface area contributed by atoms with E-state index in [1.165, 1.54) is 0 Å². The number of nitriles is 1. The smallest absolute Gasteiger partial charge is 0.259 e. The second-order valence-corrected chi connectivity index (χ2v) is 6.95. The fraction of sp³-hybridized carbons (Fsp3) is 0.0500. The molecule has 0 unspecified atom stereocenters. The summed E-state index contributed by atoms with van der Waals surface area (Å²) in [5.41, 5.74) is 3.41. The lowest BCUT2D eigenvalue weighted by Gasteiger charge is -2.03. The van der Waals surface area contributed by atoms with Crippen molar-refractivity contribution in [1.82, 2.24) is 15.0 Å². The van der Waals surface area contributed by atoms with Crippen molar-refractivity contribution >= 4 is 49.4 Å². The number of H-pyrrole nitrogens is 2. The molecular formula is C20H13BrN4O.